The van der Waals surface area contributed by atoms with E-state index in [2.05, 4.69) is 52.0 Å². The van der Waals surface area contributed by atoms with E-state index >= 15 is 0 Å². The summed E-state index contributed by atoms with van der Waals surface area (Å²) in [7, 11) is 0. The molecule has 1 saturated heterocycles. The van der Waals surface area contributed by atoms with Gasteiger partial charge in [0.25, 0.3) is 0 Å². The van der Waals surface area contributed by atoms with Crippen LogP contribution in [0.15, 0.2) is 30.3 Å². The smallest absolute Gasteiger partial charge is 0.221 e. The summed E-state index contributed by atoms with van der Waals surface area (Å²) in [6, 6.07) is 10.3. The van der Waals surface area contributed by atoms with Crippen LogP contribution in [0.1, 0.15) is 36.7 Å². The van der Waals surface area contributed by atoms with Crippen LogP contribution in [0.4, 0.5) is 5.69 Å². The number of hydrogen-bond acceptors (Lipinski definition) is 3. The molecule has 2 aromatic rings. The van der Waals surface area contributed by atoms with E-state index in [1.54, 1.807) is 0 Å². The average Bonchev–Trinajstić information content (AvgIpc) is 2.88. The minimum Gasteiger partial charge on any atom is -0.326 e. The lowest BCUT2D eigenvalue weighted by molar-refractivity contribution is -0.114. The number of rotatable bonds is 5. The molecule has 0 saturated carbocycles. The van der Waals surface area contributed by atoms with E-state index in [-0.39, 0.29) is 5.91 Å². The Morgan fingerprint density at radius 2 is 1.88 bits per heavy atom. The first-order chi connectivity index (χ1) is 12.0. The molecule has 5 nitrogen and oxygen atoms in total. The summed E-state index contributed by atoms with van der Waals surface area (Å²) in [5.41, 5.74) is 4.53. The van der Waals surface area contributed by atoms with Crippen LogP contribution < -0.4 is 5.32 Å². The van der Waals surface area contributed by atoms with Crippen LogP contribution in [0.2, 0.25) is 0 Å². The highest BCUT2D eigenvalue weighted by Crippen LogP contribution is 2.22. The van der Waals surface area contributed by atoms with Crippen molar-refractivity contribution in [3.8, 4) is 0 Å². The molecule has 0 atom stereocenters. The second-order valence-electron chi connectivity index (χ2n) is 7.21. The van der Waals surface area contributed by atoms with Crippen molar-refractivity contribution in [2.24, 2.45) is 5.92 Å². The van der Waals surface area contributed by atoms with Gasteiger partial charge in [0.15, 0.2) is 0 Å². The highest BCUT2D eigenvalue weighted by atomic mass is 16.1. The molecule has 1 aromatic carbocycles. The molecule has 0 radical (unpaired) electrons. The Morgan fingerprint density at radius 1 is 1.20 bits per heavy atom. The second-order valence-corrected chi connectivity index (χ2v) is 7.21. The summed E-state index contributed by atoms with van der Waals surface area (Å²) in [5.74, 6) is 0.689. The van der Waals surface area contributed by atoms with Crippen LogP contribution in [0.25, 0.3) is 0 Å². The number of aryl methyl sites for hydroxylation is 2. The van der Waals surface area contributed by atoms with Gasteiger partial charge in [-0.1, -0.05) is 12.1 Å². The summed E-state index contributed by atoms with van der Waals surface area (Å²) >= 11 is 0. The molecule has 1 amide bonds. The van der Waals surface area contributed by atoms with Gasteiger partial charge in [-0.3, -0.25) is 14.4 Å². The van der Waals surface area contributed by atoms with Crippen LogP contribution in [0.3, 0.4) is 0 Å². The maximum Gasteiger partial charge on any atom is 0.221 e. The van der Waals surface area contributed by atoms with E-state index in [0.717, 1.165) is 43.5 Å². The predicted octanol–water partition coefficient (Wildman–Crippen LogP) is 3.37. The lowest BCUT2D eigenvalue weighted by Crippen LogP contribution is -2.34. The fraction of sp³-hybridized carbons (Fsp3) is 0.500. The number of hydrogen-bond donors (Lipinski definition) is 1. The number of nitrogens with one attached hydrogen (secondary N) is 1. The summed E-state index contributed by atoms with van der Waals surface area (Å²) in [6.45, 7) is 10.0. The summed E-state index contributed by atoms with van der Waals surface area (Å²) in [4.78, 5) is 13.6. The van der Waals surface area contributed by atoms with Gasteiger partial charge in [0.1, 0.15) is 0 Å². The standard InChI is InChI=1S/C20H28N4O/c1-15-12-16(2)24(22-15)14-19-8-10-23(11-9-19)13-18-4-6-20(7-5-18)21-17(3)25/h4-7,12,19H,8-11,13-14H2,1-3H3,(H,21,25). The van der Waals surface area contributed by atoms with E-state index in [4.69, 9.17) is 0 Å². The molecule has 0 spiro atoms. The van der Waals surface area contributed by atoms with Gasteiger partial charge in [-0.05, 0) is 69.5 Å². The van der Waals surface area contributed by atoms with E-state index in [0.29, 0.717) is 0 Å². The maximum absolute atomic E-state index is 11.1. The van der Waals surface area contributed by atoms with Crippen molar-refractivity contribution in [2.75, 3.05) is 18.4 Å². The minimum atomic E-state index is -0.0302. The quantitative estimate of drug-likeness (QED) is 0.908. The Labute approximate surface area is 150 Å². The highest BCUT2D eigenvalue weighted by Gasteiger charge is 2.20. The van der Waals surface area contributed by atoms with Crippen molar-refractivity contribution >= 4 is 11.6 Å². The Morgan fingerprint density at radius 3 is 2.44 bits per heavy atom. The van der Waals surface area contributed by atoms with Crippen LogP contribution in [0.5, 0.6) is 0 Å². The number of nitrogens with zero attached hydrogens (tertiary/aromatic N) is 3. The molecule has 0 unspecified atom stereocenters. The first-order valence-corrected chi connectivity index (χ1v) is 9.09. The molecule has 1 fully saturated rings. The number of benzene rings is 1. The number of carbonyl (C=O) groups excluding carboxylic acids is 1. The highest BCUT2D eigenvalue weighted by molar-refractivity contribution is 5.88. The SMILES string of the molecule is CC(=O)Nc1ccc(CN2CCC(Cn3nc(C)cc3C)CC2)cc1. The first kappa shape index (κ1) is 17.7. The van der Waals surface area contributed by atoms with Gasteiger partial charge in [-0.25, -0.2) is 0 Å². The number of carbonyl (C=O) groups is 1. The lowest BCUT2D eigenvalue weighted by Gasteiger charge is -2.32. The Kier molecular flexibility index (Phi) is 5.53. The van der Waals surface area contributed by atoms with E-state index < -0.39 is 0 Å². The van der Waals surface area contributed by atoms with Crippen molar-refractivity contribution in [2.45, 2.75) is 46.7 Å². The number of aromatic nitrogens is 2. The summed E-state index contributed by atoms with van der Waals surface area (Å²) < 4.78 is 2.16. The van der Waals surface area contributed by atoms with Gasteiger partial charge in [0.05, 0.1) is 5.69 Å². The number of piperidine rings is 1. The van der Waals surface area contributed by atoms with Crippen LogP contribution in [-0.4, -0.2) is 33.7 Å². The molecule has 1 aromatic heterocycles. The van der Waals surface area contributed by atoms with Gasteiger partial charge in [-0.2, -0.15) is 5.10 Å². The monoisotopic (exact) mass is 340 g/mol. The molecule has 25 heavy (non-hydrogen) atoms. The van der Waals surface area contributed by atoms with Gasteiger partial charge in [-0.15, -0.1) is 0 Å². The normalized spacial score (nSPS) is 16.1. The average molecular weight is 340 g/mol. The lowest BCUT2D eigenvalue weighted by atomic mass is 9.96. The van der Waals surface area contributed by atoms with Gasteiger partial charge in [0, 0.05) is 31.4 Å². The molecule has 134 valence electrons. The Hall–Kier alpha value is -2.14. The fourth-order valence-corrected chi connectivity index (χ4v) is 3.59. The molecule has 0 aliphatic carbocycles. The van der Waals surface area contributed by atoms with Gasteiger partial charge >= 0.3 is 0 Å². The first-order valence-electron chi connectivity index (χ1n) is 9.09. The molecule has 2 heterocycles. The number of amides is 1. The van der Waals surface area contributed by atoms with E-state index in [1.807, 2.05) is 12.1 Å². The third kappa shape index (κ3) is 4.92. The molecule has 1 aliphatic rings. The molecule has 3 rings (SSSR count). The zero-order valence-corrected chi connectivity index (χ0v) is 15.5. The summed E-state index contributed by atoms with van der Waals surface area (Å²) in [6.07, 6.45) is 2.45. The Bertz CT molecular complexity index is 712. The van der Waals surface area contributed by atoms with Crippen LogP contribution >= 0.6 is 0 Å². The number of likely N-dealkylation sites (tertiary alicyclic amines) is 1. The zero-order valence-electron chi connectivity index (χ0n) is 15.5. The third-order valence-corrected chi connectivity index (χ3v) is 4.92. The van der Waals surface area contributed by atoms with Gasteiger partial charge < -0.3 is 5.32 Å². The maximum atomic E-state index is 11.1. The largest absolute Gasteiger partial charge is 0.326 e. The zero-order chi connectivity index (χ0) is 17.8. The predicted molar refractivity (Wildman–Crippen MR) is 100 cm³/mol. The molecule has 5 heteroatoms. The van der Waals surface area contributed by atoms with E-state index in [9.17, 15) is 4.79 Å². The number of anilines is 1. The second kappa shape index (κ2) is 7.83. The van der Waals surface area contributed by atoms with Crippen molar-refractivity contribution < 1.29 is 4.79 Å². The molecule has 1 N–H and O–H groups in total. The van der Waals surface area contributed by atoms with Crippen LogP contribution in [0, 0.1) is 19.8 Å². The molecule has 0 bridgehead atoms. The topological polar surface area (TPSA) is 50.2 Å². The van der Waals surface area contributed by atoms with E-state index in [1.165, 1.54) is 31.0 Å². The molecular weight excluding hydrogens is 312 g/mol. The van der Waals surface area contributed by atoms with Crippen molar-refractivity contribution in [1.82, 2.24) is 14.7 Å². The van der Waals surface area contributed by atoms with Crippen molar-refractivity contribution in [3.63, 3.8) is 0 Å². The Balaban J connectivity index is 1.47. The van der Waals surface area contributed by atoms with Crippen molar-refractivity contribution in [3.05, 3.63) is 47.3 Å². The molecular formula is C20H28N4O. The fourth-order valence-electron chi connectivity index (χ4n) is 3.59. The minimum absolute atomic E-state index is 0.0302. The third-order valence-electron chi connectivity index (χ3n) is 4.92. The summed E-state index contributed by atoms with van der Waals surface area (Å²) in [5, 5.41) is 7.40. The van der Waals surface area contributed by atoms with Gasteiger partial charge in [0.2, 0.25) is 5.91 Å². The van der Waals surface area contributed by atoms with Crippen molar-refractivity contribution in [1.29, 1.82) is 0 Å². The molecule has 1 aliphatic heterocycles. The van der Waals surface area contributed by atoms with Crippen LogP contribution in [-0.2, 0) is 17.9 Å².